The van der Waals surface area contributed by atoms with Crippen LogP contribution in [0.1, 0.15) is 18.9 Å². The molecule has 0 amide bonds. The molecule has 1 atom stereocenters. The molecule has 1 aliphatic rings. The van der Waals surface area contributed by atoms with E-state index in [1.807, 2.05) is 6.20 Å². The summed E-state index contributed by atoms with van der Waals surface area (Å²) in [4.78, 5) is 4.18. The minimum absolute atomic E-state index is 0.584. The monoisotopic (exact) mass is 226 g/mol. The van der Waals surface area contributed by atoms with Crippen molar-refractivity contribution < 1.29 is 0 Å². The summed E-state index contributed by atoms with van der Waals surface area (Å²) in [5.41, 5.74) is 2.56. The molecule has 1 aromatic heterocycles. The van der Waals surface area contributed by atoms with Crippen LogP contribution in [0.5, 0.6) is 0 Å². The highest BCUT2D eigenvalue weighted by Crippen LogP contribution is 2.25. The van der Waals surface area contributed by atoms with Gasteiger partial charge in [-0.05, 0) is 47.3 Å². The number of halogens is 1. The lowest BCUT2D eigenvalue weighted by Crippen LogP contribution is -2.21. The fraction of sp³-hybridized carbons (Fsp3) is 0.444. The van der Waals surface area contributed by atoms with Gasteiger partial charge in [-0.3, -0.25) is 0 Å². The topological polar surface area (TPSA) is 24.9 Å². The second kappa shape index (κ2) is 3.05. The lowest BCUT2D eigenvalue weighted by Gasteiger charge is -2.23. The van der Waals surface area contributed by atoms with Crippen LogP contribution < -0.4 is 5.32 Å². The standard InChI is InChI=1S/C9H11BrN2/c1-6-2-3-7-4-9(10)11-5-8(7)12-6/h4-6,12H,2-3H2,1H3/t6-/m0/s1. The van der Waals surface area contributed by atoms with Gasteiger partial charge in [-0.1, -0.05) is 0 Å². The molecule has 1 aliphatic heterocycles. The molecule has 2 nitrogen and oxygen atoms in total. The van der Waals surface area contributed by atoms with Crippen LogP contribution in [0.25, 0.3) is 0 Å². The number of nitrogens with zero attached hydrogens (tertiary/aromatic N) is 1. The first-order valence-corrected chi connectivity index (χ1v) is 4.96. The minimum atomic E-state index is 0.584. The van der Waals surface area contributed by atoms with Gasteiger partial charge in [-0.25, -0.2) is 4.98 Å². The van der Waals surface area contributed by atoms with Crippen LogP contribution in [0.15, 0.2) is 16.9 Å². The molecule has 12 heavy (non-hydrogen) atoms. The van der Waals surface area contributed by atoms with E-state index in [2.05, 4.69) is 39.2 Å². The quantitative estimate of drug-likeness (QED) is 0.689. The Labute approximate surface area is 80.5 Å². The third kappa shape index (κ3) is 1.46. The minimum Gasteiger partial charge on any atom is -0.381 e. The average Bonchev–Trinajstić information content (AvgIpc) is 2.05. The van der Waals surface area contributed by atoms with Crippen molar-refractivity contribution in [3.63, 3.8) is 0 Å². The molecule has 0 fully saturated rings. The zero-order valence-electron chi connectivity index (χ0n) is 6.97. The molecule has 0 saturated heterocycles. The van der Waals surface area contributed by atoms with E-state index in [-0.39, 0.29) is 0 Å². The molecule has 2 heterocycles. The maximum absolute atomic E-state index is 4.18. The zero-order valence-corrected chi connectivity index (χ0v) is 8.56. The van der Waals surface area contributed by atoms with E-state index in [0.29, 0.717) is 6.04 Å². The normalized spacial score (nSPS) is 21.3. The molecule has 0 bridgehead atoms. The van der Waals surface area contributed by atoms with Crippen molar-refractivity contribution in [2.45, 2.75) is 25.8 Å². The summed E-state index contributed by atoms with van der Waals surface area (Å²) in [6.07, 6.45) is 4.27. The van der Waals surface area contributed by atoms with Gasteiger partial charge in [0.05, 0.1) is 11.9 Å². The van der Waals surface area contributed by atoms with Gasteiger partial charge in [-0.2, -0.15) is 0 Å². The van der Waals surface area contributed by atoms with Gasteiger partial charge >= 0.3 is 0 Å². The van der Waals surface area contributed by atoms with Crippen LogP contribution in [0.4, 0.5) is 5.69 Å². The number of nitrogens with one attached hydrogen (secondary N) is 1. The maximum atomic E-state index is 4.18. The van der Waals surface area contributed by atoms with E-state index < -0.39 is 0 Å². The summed E-state index contributed by atoms with van der Waals surface area (Å²) in [5.74, 6) is 0. The molecule has 0 aromatic carbocycles. The smallest absolute Gasteiger partial charge is 0.106 e. The molecule has 2 rings (SSSR count). The van der Waals surface area contributed by atoms with Gasteiger partial charge in [-0.15, -0.1) is 0 Å². The van der Waals surface area contributed by atoms with E-state index in [1.54, 1.807) is 0 Å². The van der Waals surface area contributed by atoms with Crippen LogP contribution >= 0.6 is 15.9 Å². The molecule has 0 aliphatic carbocycles. The van der Waals surface area contributed by atoms with Gasteiger partial charge in [0.1, 0.15) is 4.60 Å². The van der Waals surface area contributed by atoms with Crippen molar-refractivity contribution >= 4 is 21.6 Å². The Hall–Kier alpha value is -0.570. The van der Waals surface area contributed by atoms with E-state index in [9.17, 15) is 0 Å². The highest BCUT2D eigenvalue weighted by atomic mass is 79.9. The molecule has 0 spiro atoms. The van der Waals surface area contributed by atoms with E-state index >= 15 is 0 Å². The van der Waals surface area contributed by atoms with Gasteiger partial charge in [0.15, 0.2) is 0 Å². The Kier molecular flexibility index (Phi) is 2.05. The van der Waals surface area contributed by atoms with Gasteiger partial charge in [0.25, 0.3) is 0 Å². The summed E-state index contributed by atoms with van der Waals surface area (Å²) in [6.45, 7) is 2.20. The zero-order chi connectivity index (χ0) is 8.55. The van der Waals surface area contributed by atoms with Crippen molar-refractivity contribution in [2.24, 2.45) is 0 Å². The van der Waals surface area contributed by atoms with Crippen LogP contribution in [-0.2, 0) is 6.42 Å². The molecular formula is C9H11BrN2. The first-order chi connectivity index (χ1) is 5.75. The molecule has 64 valence electrons. The van der Waals surface area contributed by atoms with Crippen LogP contribution in [-0.4, -0.2) is 11.0 Å². The third-order valence-electron chi connectivity index (χ3n) is 2.20. The fourth-order valence-electron chi connectivity index (χ4n) is 1.51. The Morgan fingerprint density at radius 1 is 1.67 bits per heavy atom. The van der Waals surface area contributed by atoms with Crippen molar-refractivity contribution in [1.82, 2.24) is 4.98 Å². The van der Waals surface area contributed by atoms with Crippen LogP contribution in [0, 0.1) is 0 Å². The molecule has 1 N–H and O–H groups in total. The summed E-state index contributed by atoms with van der Waals surface area (Å²) < 4.78 is 0.928. The van der Waals surface area contributed by atoms with Gasteiger partial charge < -0.3 is 5.32 Å². The predicted molar refractivity (Wildman–Crippen MR) is 53.3 cm³/mol. The highest BCUT2D eigenvalue weighted by Gasteiger charge is 2.13. The molecular weight excluding hydrogens is 216 g/mol. The highest BCUT2D eigenvalue weighted by molar-refractivity contribution is 9.10. The Morgan fingerprint density at radius 2 is 2.50 bits per heavy atom. The lowest BCUT2D eigenvalue weighted by molar-refractivity contribution is 0.679. The number of aryl methyl sites for hydroxylation is 1. The molecule has 0 saturated carbocycles. The largest absolute Gasteiger partial charge is 0.381 e. The number of rotatable bonds is 0. The number of aromatic nitrogens is 1. The number of pyridine rings is 1. The molecule has 1 aromatic rings. The predicted octanol–water partition coefficient (Wildman–Crippen LogP) is 2.59. The van der Waals surface area contributed by atoms with Crippen molar-refractivity contribution in [1.29, 1.82) is 0 Å². The van der Waals surface area contributed by atoms with Crippen LogP contribution in [0.3, 0.4) is 0 Å². The Morgan fingerprint density at radius 3 is 3.33 bits per heavy atom. The number of hydrogen-bond donors (Lipinski definition) is 1. The summed E-state index contributed by atoms with van der Waals surface area (Å²) >= 11 is 3.37. The summed E-state index contributed by atoms with van der Waals surface area (Å²) in [7, 11) is 0. The van der Waals surface area contributed by atoms with E-state index in [1.165, 1.54) is 17.7 Å². The second-order valence-electron chi connectivity index (χ2n) is 3.25. The number of hydrogen-bond acceptors (Lipinski definition) is 2. The maximum Gasteiger partial charge on any atom is 0.106 e. The van der Waals surface area contributed by atoms with Crippen molar-refractivity contribution in [3.05, 3.63) is 22.4 Å². The first-order valence-electron chi connectivity index (χ1n) is 4.16. The summed E-state index contributed by atoms with van der Waals surface area (Å²) in [6, 6.07) is 2.68. The lowest BCUT2D eigenvalue weighted by atomic mass is 10.0. The first kappa shape index (κ1) is 8.05. The Bertz CT molecular complexity index is 299. The van der Waals surface area contributed by atoms with Crippen molar-refractivity contribution in [2.75, 3.05) is 5.32 Å². The van der Waals surface area contributed by atoms with E-state index in [4.69, 9.17) is 0 Å². The number of anilines is 1. The number of fused-ring (bicyclic) bond motifs is 1. The fourth-order valence-corrected chi connectivity index (χ4v) is 1.89. The van der Waals surface area contributed by atoms with Gasteiger partial charge in [0.2, 0.25) is 0 Å². The Balaban J connectivity index is 2.37. The average molecular weight is 227 g/mol. The second-order valence-corrected chi connectivity index (χ2v) is 4.06. The molecule has 3 heteroatoms. The van der Waals surface area contributed by atoms with E-state index in [0.717, 1.165) is 11.0 Å². The van der Waals surface area contributed by atoms with Crippen LogP contribution in [0.2, 0.25) is 0 Å². The molecule has 0 radical (unpaired) electrons. The van der Waals surface area contributed by atoms with Gasteiger partial charge in [0, 0.05) is 6.04 Å². The third-order valence-corrected chi connectivity index (χ3v) is 2.64. The SMILES string of the molecule is C[C@H]1CCc2cc(Br)ncc2N1. The van der Waals surface area contributed by atoms with Crippen molar-refractivity contribution in [3.8, 4) is 0 Å². The molecule has 0 unspecified atom stereocenters. The summed E-state index contributed by atoms with van der Waals surface area (Å²) in [5, 5.41) is 3.40.